The third-order valence-corrected chi connectivity index (χ3v) is 3.10. The SMILES string of the molecule is CCOC(=O)CC(=O)N(CC)c1cc[c]([Ge])cc1. The molecule has 0 saturated carbocycles. The van der Waals surface area contributed by atoms with E-state index in [1.807, 2.05) is 47.7 Å². The number of nitrogens with zero attached hydrogens (tertiary/aromatic N) is 1. The van der Waals surface area contributed by atoms with Crippen LogP contribution in [0.5, 0.6) is 0 Å². The summed E-state index contributed by atoms with van der Waals surface area (Å²) in [5.74, 6) is -0.715. The number of hydrogen-bond donors (Lipinski definition) is 0. The first-order valence-electron chi connectivity index (χ1n) is 5.86. The number of amides is 1. The van der Waals surface area contributed by atoms with E-state index in [4.69, 9.17) is 4.74 Å². The Hall–Kier alpha value is -1.30. The summed E-state index contributed by atoms with van der Waals surface area (Å²) in [5, 5.41) is 0. The van der Waals surface area contributed by atoms with Crippen molar-refractivity contribution in [3.8, 4) is 0 Å². The Morgan fingerprint density at radius 1 is 1.22 bits per heavy atom. The number of carbonyl (C=O) groups is 2. The number of ether oxygens (including phenoxy) is 1. The molecule has 0 unspecified atom stereocenters. The molecule has 0 heterocycles. The minimum absolute atomic E-state index is 0.213. The van der Waals surface area contributed by atoms with Crippen LogP contribution in [0.3, 0.4) is 0 Å². The van der Waals surface area contributed by atoms with Gasteiger partial charge in [0, 0.05) is 0 Å². The average Bonchev–Trinajstić information content (AvgIpc) is 2.32. The van der Waals surface area contributed by atoms with E-state index in [1.165, 1.54) is 0 Å². The number of benzene rings is 1. The van der Waals surface area contributed by atoms with E-state index in [-0.39, 0.29) is 12.3 Å². The van der Waals surface area contributed by atoms with Gasteiger partial charge in [-0.05, 0) is 0 Å². The van der Waals surface area contributed by atoms with Crippen LogP contribution >= 0.6 is 0 Å². The molecule has 0 atom stereocenters. The molecule has 0 aliphatic carbocycles. The van der Waals surface area contributed by atoms with Crippen molar-refractivity contribution in [1.82, 2.24) is 0 Å². The molecular weight excluding hydrogens is 291 g/mol. The Labute approximate surface area is 116 Å². The Kier molecular flexibility index (Phi) is 5.91. The molecule has 0 bridgehead atoms. The second-order valence-corrected chi connectivity index (χ2v) is 4.88. The van der Waals surface area contributed by atoms with Gasteiger partial charge in [0.15, 0.2) is 0 Å². The van der Waals surface area contributed by atoms with Crippen molar-refractivity contribution in [3.63, 3.8) is 0 Å². The second-order valence-electron chi connectivity index (χ2n) is 3.67. The first-order valence-corrected chi connectivity index (χ1v) is 6.91. The maximum absolute atomic E-state index is 12.0. The van der Waals surface area contributed by atoms with E-state index in [9.17, 15) is 9.59 Å². The van der Waals surface area contributed by atoms with Crippen LogP contribution in [0, 0.1) is 0 Å². The van der Waals surface area contributed by atoms with Crippen molar-refractivity contribution >= 4 is 38.5 Å². The summed E-state index contributed by atoms with van der Waals surface area (Å²) in [6.45, 7) is 4.42. The number of rotatable bonds is 5. The van der Waals surface area contributed by atoms with Crippen LogP contribution in [0.1, 0.15) is 20.3 Å². The van der Waals surface area contributed by atoms with E-state index in [0.717, 1.165) is 10.1 Å². The van der Waals surface area contributed by atoms with Gasteiger partial charge in [-0.2, -0.15) is 0 Å². The zero-order valence-electron chi connectivity index (χ0n) is 10.6. The van der Waals surface area contributed by atoms with Gasteiger partial charge >= 0.3 is 115 Å². The van der Waals surface area contributed by atoms with Gasteiger partial charge in [0.2, 0.25) is 0 Å². The maximum atomic E-state index is 12.0. The number of anilines is 1. The Morgan fingerprint density at radius 2 is 1.83 bits per heavy atom. The molecule has 0 N–H and O–H groups in total. The molecule has 1 amide bonds. The summed E-state index contributed by atoms with van der Waals surface area (Å²) in [6.07, 6.45) is -0.213. The summed E-state index contributed by atoms with van der Waals surface area (Å²) >= 11 is 1.99. The van der Waals surface area contributed by atoms with E-state index in [2.05, 4.69) is 0 Å². The van der Waals surface area contributed by atoms with Gasteiger partial charge in [-0.1, -0.05) is 0 Å². The number of carbonyl (C=O) groups excluding carboxylic acids is 2. The van der Waals surface area contributed by atoms with Crippen molar-refractivity contribution in [1.29, 1.82) is 0 Å². The zero-order valence-corrected chi connectivity index (χ0v) is 12.7. The molecular formula is C13H16GeNO3. The van der Waals surface area contributed by atoms with Gasteiger partial charge in [-0.3, -0.25) is 0 Å². The molecule has 0 spiro atoms. The van der Waals surface area contributed by atoms with Gasteiger partial charge in [-0.15, -0.1) is 0 Å². The van der Waals surface area contributed by atoms with Crippen molar-refractivity contribution in [2.24, 2.45) is 0 Å². The Morgan fingerprint density at radius 3 is 2.33 bits per heavy atom. The summed E-state index contributed by atoms with van der Waals surface area (Å²) in [4.78, 5) is 24.8. The van der Waals surface area contributed by atoms with Crippen LogP contribution in [-0.4, -0.2) is 41.5 Å². The summed E-state index contributed by atoms with van der Waals surface area (Å²) in [5.41, 5.74) is 0.803. The summed E-state index contributed by atoms with van der Waals surface area (Å²) in [6, 6.07) is 7.63. The molecule has 1 aromatic rings. The third kappa shape index (κ3) is 4.18. The molecule has 0 aromatic heterocycles. The fraction of sp³-hybridized carbons (Fsp3) is 0.385. The van der Waals surface area contributed by atoms with Gasteiger partial charge in [0.25, 0.3) is 0 Å². The standard InChI is InChI=1S/C13H16GeNO3/c1-3-15(11-7-5-10(14)6-8-11)12(16)9-13(17)18-4-2/h5-8H,3-4,9H2,1-2H3. The van der Waals surface area contributed by atoms with Gasteiger partial charge in [0.05, 0.1) is 0 Å². The summed E-state index contributed by atoms with van der Waals surface area (Å²) in [7, 11) is 0. The van der Waals surface area contributed by atoms with Crippen LogP contribution in [0.15, 0.2) is 24.3 Å². The molecule has 0 saturated heterocycles. The second kappa shape index (κ2) is 7.21. The van der Waals surface area contributed by atoms with Crippen LogP contribution in [0.4, 0.5) is 5.69 Å². The van der Waals surface area contributed by atoms with Crippen LogP contribution in [0.25, 0.3) is 0 Å². The van der Waals surface area contributed by atoms with Crippen LogP contribution in [0.2, 0.25) is 0 Å². The van der Waals surface area contributed by atoms with E-state index in [1.54, 1.807) is 11.8 Å². The van der Waals surface area contributed by atoms with Gasteiger partial charge < -0.3 is 0 Å². The molecule has 4 nitrogen and oxygen atoms in total. The van der Waals surface area contributed by atoms with Crippen molar-refractivity contribution in [3.05, 3.63) is 24.3 Å². The fourth-order valence-electron chi connectivity index (χ4n) is 1.58. The van der Waals surface area contributed by atoms with Crippen LogP contribution < -0.4 is 9.30 Å². The summed E-state index contributed by atoms with van der Waals surface area (Å²) < 4.78 is 5.91. The zero-order chi connectivity index (χ0) is 13.5. The molecule has 0 aliphatic rings. The average molecular weight is 307 g/mol. The first kappa shape index (κ1) is 14.8. The predicted molar refractivity (Wildman–Crippen MR) is 71.1 cm³/mol. The Balaban J connectivity index is 2.74. The fourth-order valence-corrected chi connectivity index (χ4v) is 1.92. The molecule has 5 heteroatoms. The normalized spacial score (nSPS) is 9.94. The molecule has 1 aromatic carbocycles. The molecule has 0 fully saturated rings. The van der Waals surface area contributed by atoms with Gasteiger partial charge in [0.1, 0.15) is 0 Å². The van der Waals surface area contributed by atoms with Crippen molar-refractivity contribution in [2.75, 3.05) is 18.1 Å². The molecule has 3 radical (unpaired) electrons. The van der Waals surface area contributed by atoms with E-state index >= 15 is 0 Å². The third-order valence-electron chi connectivity index (χ3n) is 2.40. The topological polar surface area (TPSA) is 46.6 Å². The number of esters is 1. The molecule has 0 aliphatic heterocycles. The molecule has 18 heavy (non-hydrogen) atoms. The van der Waals surface area contributed by atoms with Crippen molar-refractivity contribution in [2.45, 2.75) is 20.3 Å². The number of hydrogen-bond acceptors (Lipinski definition) is 3. The van der Waals surface area contributed by atoms with Crippen LogP contribution in [-0.2, 0) is 14.3 Å². The van der Waals surface area contributed by atoms with E-state index in [0.29, 0.717) is 13.2 Å². The molecule has 1 rings (SSSR count). The van der Waals surface area contributed by atoms with E-state index < -0.39 is 5.97 Å². The van der Waals surface area contributed by atoms with Gasteiger partial charge in [-0.25, -0.2) is 0 Å². The quantitative estimate of drug-likeness (QED) is 0.459. The molecule has 95 valence electrons. The van der Waals surface area contributed by atoms with Crippen molar-refractivity contribution < 1.29 is 14.3 Å². The Bertz CT molecular complexity index is 417. The first-order chi connectivity index (χ1) is 8.58. The minimum atomic E-state index is -0.479. The predicted octanol–water partition coefficient (Wildman–Crippen LogP) is 0.786. The monoisotopic (exact) mass is 308 g/mol.